The van der Waals surface area contributed by atoms with Crippen LogP contribution in [-0.4, -0.2) is 27.3 Å². The van der Waals surface area contributed by atoms with Gasteiger partial charge in [0.05, 0.1) is 5.56 Å². The molecule has 0 aliphatic heterocycles. The van der Waals surface area contributed by atoms with Crippen LogP contribution in [0.15, 0.2) is 58.0 Å². The van der Waals surface area contributed by atoms with Crippen molar-refractivity contribution in [1.29, 1.82) is 0 Å². The van der Waals surface area contributed by atoms with E-state index in [4.69, 9.17) is 0 Å². The lowest BCUT2D eigenvalue weighted by Crippen LogP contribution is -2.13. The Morgan fingerprint density at radius 3 is 2.79 bits per heavy atom. The zero-order chi connectivity index (χ0) is 16.8. The van der Waals surface area contributed by atoms with Crippen LogP contribution in [0.25, 0.3) is 0 Å². The van der Waals surface area contributed by atoms with Gasteiger partial charge in [-0.2, -0.15) is 0 Å². The maximum Gasteiger partial charge on any atom is 0.260 e. The van der Waals surface area contributed by atoms with E-state index in [0.717, 1.165) is 10.1 Å². The molecule has 0 fully saturated rings. The van der Waals surface area contributed by atoms with Crippen LogP contribution in [0.5, 0.6) is 0 Å². The summed E-state index contributed by atoms with van der Waals surface area (Å²) in [6.07, 6.45) is 3.56. The molecule has 8 heteroatoms. The molecule has 0 saturated heterocycles. The molecule has 0 spiro atoms. The predicted octanol–water partition coefficient (Wildman–Crippen LogP) is 4.20. The molecule has 0 bridgehead atoms. The fraction of sp³-hybridized carbons (Fsp3) is 0.125. The summed E-state index contributed by atoms with van der Waals surface area (Å²) < 4.78 is 0.824. The number of carbonyl (C=O) groups is 1. The lowest BCUT2D eigenvalue weighted by molar-refractivity contribution is 0.102. The summed E-state index contributed by atoms with van der Waals surface area (Å²) >= 11 is 4.41. The molecule has 122 valence electrons. The normalized spacial score (nSPS) is 10.5. The lowest BCUT2D eigenvalue weighted by Gasteiger charge is -2.04. The van der Waals surface area contributed by atoms with Gasteiger partial charge in [-0.1, -0.05) is 53.4 Å². The van der Waals surface area contributed by atoms with E-state index in [1.807, 2.05) is 24.5 Å². The summed E-state index contributed by atoms with van der Waals surface area (Å²) in [6, 6.07) is 13.7. The monoisotopic (exact) mass is 374 g/mol. The number of benzene rings is 1. The molecule has 2 heterocycles. The van der Waals surface area contributed by atoms with E-state index in [-0.39, 0.29) is 5.91 Å². The van der Waals surface area contributed by atoms with Gasteiger partial charge in [0.1, 0.15) is 5.03 Å². The highest BCUT2D eigenvalue weighted by molar-refractivity contribution is 8.00. The van der Waals surface area contributed by atoms with Gasteiger partial charge in [0, 0.05) is 11.9 Å². The van der Waals surface area contributed by atoms with Crippen LogP contribution in [0.1, 0.15) is 15.9 Å². The SMILES string of the molecule is CSc1ncccc1C(=O)Nc1nnc(SCc2ccccc2)s1. The third-order valence-electron chi connectivity index (χ3n) is 3.04. The highest BCUT2D eigenvalue weighted by Gasteiger charge is 2.14. The van der Waals surface area contributed by atoms with Gasteiger partial charge in [-0.05, 0) is 24.0 Å². The van der Waals surface area contributed by atoms with E-state index in [1.165, 1.54) is 28.7 Å². The molecule has 0 aliphatic carbocycles. The molecule has 1 N–H and O–H groups in total. The van der Waals surface area contributed by atoms with E-state index >= 15 is 0 Å². The minimum Gasteiger partial charge on any atom is -0.296 e. The Kier molecular flexibility index (Phi) is 5.84. The third kappa shape index (κ3) is 4.34. The molecule has 1 aromatic carbocycles. The Balaban J connectivity index is 1.62. The molecule has 0 atom stereocenters. The number of thioether (sulfide) groups is 2. The summed E-state index contributed by atoms with van der Waals surface area (Å²) in [7, 11) is 0. The van der Waals surface area contributed by atoms with Gasteiger partial charge in [0.15, 0.2) is 4.34 Å². The van der Waals surface area contributed by atoms with Crippen LogP contribution in [-0.2, 0) is 5.75 Å². The Bertz CT molecular complexity index is 823. The van der Waals surface area contributed by atoms with Crippen LogP contribution in [0, 0.1) is 0 Å². The Morgan fingerprint density at radius 2 is 2.00 bits per heavy atom. The van der Waals surface area contributed by atoms with E-state index in [2.05, 4.69) is 32.6 Å². The smallest absolute Gasteiger partial charge is 0.260 e. The summed E-state index contributed by atoms with van der Waals surface area (Å²) in [5.74, 6) is 0.603. The number of aromatic nitrogens is 3. The number of pyridine rings is 1. The van der Waals surface area contributed by atoms with Gasteiger partial charge in [0.25, 0.3) is 5.91 Å². The second kappa shape index (κ2) is 8.27. The van der Waals surface area contributed by atoms with Crippen LogP contribution in [0.2, 0.25) is 0 Å². The molecule has 0 radical (unpaired) electrons. The standard InChI is InChI=1S/C16H14N4OS3/c1-22-14-12(8-5-9-17-14)13(21)18-15-19-20-16(24-15)23-10-11-6-3-2-4-7-11/h2-9H,10H2,1H3,(H,18,19,21). The number of anilines is 1. The Morgan fingerprint density at radius 1 is 1.17 bits per heavy atom. The van der Waals surface area contributed by atoms with Crippen molar-refractivity contribution in [3.63, 3.8) is 0 Å². The first kappa shape index (κ1) is 16.9. The molecule has 3 aromatic rings. The molecular weight excluding hydrogens is 360 g/mol. The van der Waals surface area contributed by atoms with Crippen molar-refractivity contribution >= 4 is 45.9 Å². The van der Waals surface area contributed by atoms with E-state index < -0.39 is 0 Å². The number of nitrogens with zero attached hydrogens (tertiary/aromatic N) is 3. The van der Waals surface area contributed by atoms with Crippen molar-refractivity contribution in [3.8, 4) is 0 Å². The molecule has 0 unspecified atom stereocenters. The van der Waals surface area contributed by atoms with E-state index in [1.54, 1.807) is 30.1 Å². The number of amides is 1. The summed E-state index contributed by atoms with van der Waals surface area (Å²) in [5.41, 5.74) is 1.77. The van der Waals surface area contributed by atoms with Crippen LogP contribution >= 0.6 is 34.9 Å². The Labute approximate surface area is 152 Å². The average Bonchev–Trinajstić information content (AvgIpc) is 3.08. The first-order chi connectivity index (χ1) is 11.8. The second-order valence-electron chi connectivity index (χ2n) is 4.66. The highest BCUT2D eigenvalue weighted by Crippen LogP contribution is 2.28. The Hall–Kier alpha value is -1.90. The number of nitrogens with one attached hydrogen (secondary N) is 1. The fourth-order valence-corrected chi connectivity index (χ4v) is 4.18. The van der Waals surface area contributed by atoms with Crippen molar-refractivity contribution < 1.29 is 4.79 Å². The molecule has 5 nitrogen and oxygen atoms in total. The first-order valence-electron chi connectivity index (χ1n) is 7.07. The van der Waals surface area contributed by atoms with Crippen molar-refractivity contribution in [1.82, 2.24) is 15.2 Å². The van der Waals surface area contributed by atoms with Crippen molar-refractivity contribution in [2.75, 3.05) is 11.6 Å². The predicted molar refractivity (Wildman–Crippen MR) is 99.9 cm³/mol. The van der Waals surface area contributed by atoms with Crippen LogP contribution in [0.3, 0.4) is 0 Å². The van der Waals surface area contributed by atoms with E-state index in [9.17, 15) is 4.79 Å². The average molecular weight is 375 g/mol. The quantitative estimate of drug-likeness (QED) is 0.515. The van der Waals surface area contributed by atoms with Crippen molar-refractivity contribution in [3.05, 3.63) is 59.8 Å². The molecule has 1 amide bonds. The van der Waals surface area contributed by atoms with Crippen molar-refractivity contribution in [2.24, 2.45) is 0 Å². The van der Waals surface area contributed by atoms with Gasteiger partial charge in [0.2, 0.25) is 5.13 Å². The number of hydrogen-bond donors (Lipinski definition) is 1. The topological polar surface area (TPSA) is 67.8 Å². The van der Waals surface area contributed by atoms with Crippen LogP contribution < -0.4 is 5.32 Å². The van der Waals surface area contributed by atoms with E-state index in [0.29, 0.717) is 15.7 Å². The molecule has 2 aromatic heterocycles. The maximum absolute atomic E-state index is 12.4. The van der Waals surface area contributed by atoms with Crippen LogP contribution in [0.4, 0.5) is 5.13 Å². The zero-order valence-corrected chi connectivity index (χ0v) is 15.3. The highest BCUT2D eigenvalue weighted by atomic mass is 32.2. The minimum atomic E-state index is -0.219. The summed E-state index contributed by atoms with van der Waals surface area (Å²) in [4.78, 5) is 16.5. The maximum atomic E-state index is 12.4. The molecule has 24 heavy (non-hydrogen) atoms. The van der Waals surface area contributed by atoms with Gasteiger partial charge in [-0.15, -0.1) is 22.0 Å². The second-order valence-corrected chi connectivity index (χ2v) is 7.66. The van der Waals surface area contributed by atoms with Gasteiger partial charge in [-0.3, -0.25) is 10.1 Å². The van der Waals surface area contributed by atoms with Crippen molar-refractivity contribution in [2.45, 2.75) is 15.1 Å². The fourth-order valence-electron chi connectivity index (χ4n) is 1.93. The largest absolute Gasteiger partial charge is 0.296 e. The van der Waals surface area contributed by atoms with Gasteiger partial charge in [-0.25, -0.2) is 4.98 Å². The molecule has 0 aliphatic rings. The summed E-state index contributed by atoms with van der Waals surface area (Å²) in [5, 5.41) is 12.1. The molecule has 0 saturated carbocycles. The number of carbonyl (C=O) groups excluding carboxylic acids is 1. The lowest BCUT2D eigenvalue weighted by atomic mass is 10.2. The summed E-state index contributed by atoms with van der Waals surface area (Å²) in [6.45, 7) is 0. The number of hydrogen-bond acceptors (Lipinski definition) is 7. The third-order valence-corrected chi connectivity index (χ3v) is 5.80. The number of rotatable bonds is 6. The first-order valence-corrected chi connectivity index (χ1v) is 10.1. The molecule has 3 rings (SSSR count). The minimum absolute atomic E-state index is 0.219. The molecular formula is C16H14N4OS3. The van der Waals surface area contributed by atoms with Gasteiger partial charge >= 0.3 is 0 Å². The van der Waals surface area contributed by atoms with Gasteiger partial charge < -0.3 is 0 Å². The zero-order valence-electron chi connectivity index (χ0n) is 12.8.